The quantitative estimate of drug-likeness (QED) is 0.774. The molecule has 2 aromatic carbocycles. The number of benzene rings is 2. The lowest BCUT2D eigenvalue weighted by Crippen LogP contribution is -2.44. The van der Waals surface area contributed by atoms with E-state index in [0.29, 0.717) is 11.5 Å². The molecule has 1 amide bonds. The Morgan fingerprint density at radius 3 is 2.45 bits per heavy atom. The lowest BCUT2D eigenvalue weighted by Gasteiger charge is -2.35. The normalized spacial score (nSPS) is 19.6. The molecule has 1 saturated heterocycles. The Morgan fingerprint density at radius 2 is 1.76 bits per heavy atom. The molecule has 1 heterocycles. The lowest BCUT2D eigenvalue weighted by molar-refractivity contribution is -0.115. The van der Waals surface area contributed by atoms with Crippen LogP contribution in [0.25, 0.3) is 0 Å². The summed E-state index contributed by atoms with van der Waals surface area (Å²) in [4.78, 5) is 15.0. The standard InChI is InChI=1S/C23H30N2O4/c1-16-13-25(14-17(2)29-16)15-19-7-5-6-8-20(19)24-23(26)12-18-9-10-21(27-3)22(11-18)28-4/h5-11,16-17H,12-15H2,1-4H3,(H,24,26). The first-order valence-electron chi connectivity index (χ1n) is 9.95. The topological polar surface area (TPSA) is 60.0 Å². The Bertz CT molecular complexity index is 829. The van der Waals surface area contributed by atoms with Crippen molar-refractivity contribution < 1.29 is 19.0 Å². The van der Waals surface area contributed by atoms with Crippen LogP contribution in [0.5, 0.6) is 11.5 Å². The molecule has 0 spiro atoms. The fraction of sp³-hybridized carbons (Fsp3) is 0.435. The number of carbonyl (C=O) groups excluding carboxylic acids is 1. The molecule has 156 valence electrons. The minimum Gasteiger partial charge on any atom is -0.493 e. The van der Waals surface area contributed by atoms with Gasteiger partial charge in [-0.2, -0.15) is 0 Å². The number of hydrogen-bond donors (Lipinski definition) is 1. The van der Waals surface area contributed by atoms with Gasteiger partial charge in [0.05, 0.1) is 32.8 Å². The zero-order valence-corrected chi connectivity index (χ0v) is 17.6. The second-order valence-electron chi connectivity index (χ2n) is 7.52. The molecule has 1 aliphatic rings. The number of anilines is 1. The second kappa shape index (κ2) is 9.76. The van der Waals surface area contributed by atoms with Gasteiger partial charge in [-0.25, -0.2) is 0 Å². The Balaban J connectivity index is 1.66. The van der Waals surface area contributed by atoms with Crippen molar-refractivity contribution in [2.75, 3.05) is 32.6 Å². The maximum atomic E-state index is 12.7. The number of nitrogens with one attached hydrogen (secondary N) is 1. The van der Waals surface area contributed by atoms with Gasteiger partial charge in [0.2, 0.25) is 5.91 Å². The van der Waals surface area contributed by atoms with Crippen molar-refractivity contribution >= 4 is 11.6 Å². The van der Waals surface area contributed by atoms with Crippen molar-refractivity contribution in [3.63, 3.8) is 0 Å². The molecular weight excluding hydrogens is 368 g/mol. The van der Waals surface area contributed by atoms with E-state index in [0.717, 1.165) is 36.4 Å². The fourth-order valence-corrected chi connectivity index (χ4v) is 3.80. The third-order valence-electron chi connectivity index (χ3n) is 4.99. The van der Waals surface area contributed by atoms with Gasteiger partial charge in [0.1, 0.15) is 0 Å². The summed E-state index contributed by atoms with van der Waals surface area (Å²) in [5, 5.41) is 3.07. The van der Waals surface area contributed by atoms with Gasteiger partial charge in [-0.15, -0.1) is 0 Å². The van der Waals surface area contributed by atoms with E-state index in [1.54, 1.807) is 14.2 Å². The number of amides is 1. The minimum absolute atomic E-state index is 0.0617. The van der Waals surface area contributed by atoms with Crippen LogP contribution in [0.4, 0.5) is 5.69 Å². The molecule has 0 radical (unpaired) electrons. The van der Waals surface area contributed by atoms with E-state index in [1.165, 1.54) is 0 Å². The van der Waals surface area contributed by atoms with Gasteiger partial charge < -0.3 is 19.5 Å². The van der Waals surface area contributed by atoms with E-state index in [2.05, 4.69) is 30.1 Å². The van der Waals surface area contributed by atoms with Crippen molar-refractivity contribution in [3.05, 3.63) is 53.6 Å². The number of rotatable bonds is 7. The monoisotopic (exact) mass is 398 g/mol. The Hall–Kier alpha value is -2.57. The molecule has 6 heteroatoms. The van der Waals surface area contributed by atoms with Crippen LogP contribution in [-0.4, -0.2) is 50.3 Å². The third kappa shape index (κ3) is 5.71. The molecular formula is C23H30N2O4. The van der Waals surface area contributed by atoms with E-state index in [-0.39, 0.29) is 24.5 Å². The SMILES string of the molecule is COc1ccc(CC(=O)Nc2ccccc2CN2CC(C)OC(C)C2)cc1OC. The summed E-state index contributed by atoms with van der Waals surface area (Å²) >= 11 is 0. The lowest BCUT2D eigenvalue weighted by atomic mass is 10.1. The highest BCUT2D eigenvalue weighted by atomic mass is 16.5. The number of nitrogens with zero attached hydrogens (tertiary/aromatic N) is 1. The van der Waals surface area contributed by atoms with Crippen LogP contribution in [0.3, 0.4) is 0 Å². The molecule has 1 N–H and O–H groups in total. The van der Waals surface area contributed by atoms with Crippen molar-refractivity contribution in [2.45, 2.75) is 39.0 Å². The predicted octanol–water partition coefficient (Wildman–Crippen LogP) is 3.49. The summed E-state index contributed by atoms with van der Waals surface area (Å²) in [6, 6.07) is 13.5. The van der Waals surface area contributed by atoms with Crippen LogP contribution in [-0.2, 0) is 22.5 Å². The summed E-state index contributed by atoms with van der Waals surface area (Å²) in [6.45, 7) is 6.75. The zero-order chi connectivity index (χ0) is 20.8. The average molecular weight is 399 g/mol. The van der Waals surface area contributed by atoms with Crippen LogP contribution in [0.1, 0.15) is 25.0 Å². The number of para-hydroxylation sites is 1. The summed E-state index contributed by atoms with van der Waals surface area (Å²) in [6.07, 6.45) is 0.691. The Morgan fingerprint density at radius 1 is 1.07 bits per heavy atom. The third-order valence-corrected chi connectivity index (χ3v) is 4.99. The molecule has 1 aliphatic heterocycles. The summed E-state index contributed by atoms with van der Waals surface area (Å²) in [5.74, 6) is 1.21. The molecule has 0 aliphatic carbocycles. The van der Waals surface area contributed by atoms with Crippen LogP contribution >= 0.6 is 0 Å². The molecule has 0 saturated carbocycles. The van der Waals surface area contributed by atoms with Gasteiger partial charge in [-0.1, -0.05) is 24.3 Å². The van der Waals surface area contributed by atoms with Crippen LogP contribution in [0.2, 0.25) is 0 Å². The first-order valence-corrected chi connectivity index (χ1v) is 9.95. The number of ether oxygens (including phenoxy) is 3. The van der Waals surface area contributed by atoms with Gasteiger partial charge in [-0.05, 0) is 43.2 Å². The first-order chi connectivity index (χ1) is 14.0. The van der Waals surface area contributed by atoms with Crippen LogP contribution < -0.4 is 14.8 Å². The van der Waals surface area contributed by atoms with E-state index in [1.807, 2.05) is 36.4 Å². The summed E-state index contributed by atoms with van der Waals surface area (Å²) < 4.78 is 16.4. The van der Waals surface area contributed by atoms with Crippen molar-refractivity contribution in [1.82, 2.24) is 4.90 Å². The highest BCUT2D eigenvalue weighted by molar-refractivity contribution is 5.93. The van der Waals surface area contributed by atoms with Crippen molar-refractivity contribution in [3.8, 4) is 11.5 Å². The molecule has 1 fully saturated rings. The van der Waals surface area contributed by atoms with Crippen LogP contribution in [0, 0.1) is 0 Å². The average Bonchev–Trinajstić information content (AvgIpc) is 2.68. The number of carbonyl (C=O) groups is 1. The van der Waals surface area contributed by atoms with E-state index < -0.39 is 0 Å². The van der Waals surface area contributed by atoms with Crippen molar-refractivity contribution in [2.24, 2.45) is 0 Å². The van der Waals surface area contributed by atoms with Gasteiger partial charge in [0, 0.05) is 25.3 Å². The van der Waals surface area contributed by atoms with Gasteiger partial charge >= 0.3 is 0 Å². The maximum absolute atomic E-state index is 12.7. The van der Waals surface area contributed by atoms with Gasteiger partial charge in [0.15, 0.2) is 11.5 Å². The predicted molar refractivity (Wildman–Crippen MR) is 114 cm³/mol. The molecule has 2 aromatic rings. The van der Waals surface area contributed by atoms with Crippen molar-refractivity contribution in [1.29, 1.82) is 0 Å². The Kier molecular flexibility index (Phi) is 7.12. The highest BCUT2D eigenvalue weighted by Gasteiger charge is 2.23. The summed E-state index contributed by atoms with van der Waals surface area (Å²) in [7, 11) is 3.18. The van der Waals surface area contributed by atoms with E-state index >= 15 is 0 Å². The number of methoxy groups -OCH3 is 2. The largest absolute Gasteiger partial charge is 0.493 e. The molecule has 2 atom stereocenters. The molecule has 29 heavy (non-hydrogen) atoms. The van der Waals surface area contributed by atoms with E-state index in [4.69, 9.17) is 14.2 Å². The molecule has 2 unspecified atom stereocenters. The Labute approximate surface area is 172 Å². The first kappa shape index (κ1) is 21.1. The highest BCUT2D eigenvalue weighted by Crippen LogP contribution is 2.28. The smallest absolute Gasteiger partial charge is 0.228 e. The maximum Gasteiger partial charge on any atom is 0.228 e. The van der Waals surface area contributed by atoms with E-state index in [9.17, 15) is 4.79 Å². The number of morpholine rings is 1. The van der Waals surface area contributed by atoms with Crippen LogP contribution in [0.15, 0.2) is 42.5 Å². The fourth-order valence-electron chi connectivity index (χ4n) is 3.80. The van der Waals surface area contributed by atoms with Gasteiger partial charge in [0.25, 0.3) is 0 Å². The molecule has 0 aromatic heterocycles. The number of hydrogen-bond acceptors (Lipinski definition) is 5. The summed E-state index contributed by atoms with van der Waals surface area (Å²) in [5.41, 5.74) is 2.83. The minimum atomic E-state index is -0.0617. The molecule has 0 bridgehead atoms. The molecule has 3 rings (SSSR count). The molecule has 6 nitrogen and oxygen atoms in total. The second-order valence-corrected chi connectivity index (χ2v) is 7.52. The zero-order valence-electron chi connectivity index (χ0n) is 17.6. The van der Waals surface area contributed by atoms with Gasteiger partial charge in [-0.3, -0.25) is 9.69 Å².